The van der Waals surface area contributed by atoms with Crippen LogP contribution in [0.3, 0.4) is 0 Å². The van der Waals surface area contributed by atoms with Crippen LogP contribution in [0.5, 0.6) is 17.2 Å². The van der Waals surface area contributed by atoms with Crippen molar-refractivity contribution in [2.45, 2.75) is 40.0 Å². The highest BCUT2D eigenvalue weighted by molar-refractivity contribution is 5.99. The minimum atomic E-state index is -0.922. The SMILES string of the molecule is CCOC(=O)Oc1c(OC)cc(C(=O)N2CCCN2C(=O)Nc2c(CC)cccc2CC)cc1OC. The summed E-state index contributed by atoms with van der Waals surface area (Å²) in [6, 6.07) is 8.46. The number of methoxy groups -OCH3 is 2. The molecule has 10 nitrogen and oxygen atoms in total. The van der Waals surface area contributed by atoms with Gasteiger partial charge in [-0.2, -0.15) is 0 Å². The molecule has 2 aromatic rings. The number of hydrogen-bond donors (Lipinski definition) is 1. The summed E-state index contributed by atoms with van der Waals surface area (Å²) in [5.41, 5.74) is 3.07. The molecule has 0 bridgehead atoms. The molecular formula is C26H33N3O7. The maximum absolute atomic E-state index is 13.5. The molecule has 0 saturated carbocycles. The Bertz CT molecular complexity index is 1070. The zero-order valence-corrected chi connectivity index (χ0v) is 21.4. The van der Waals surface area contributed by atoms with Crippen LogP contribution in [-0.4, -0.2) is 62.0 Å². The van der Waals surface area contributed by atoms with Crippen molar-refractivity contribution in [3.8, 4) is 17.2 Å². The van der Waals surface area contributed by atoms with E-state index in [-0.39, 0.29) is 35.4 Å². The van der Waals surface area contributed by atoms with Crippen LogP contribution in [0.25, 0.3) is 0 Å². The molecule has 0 unspecified atom stereocenters. The highest BCUT2D eigenvalue weighted by atomic mass is 16.7. The molecule has 1 aliphatic rings. The predicted molar refractivity (Wildman–Crippen MR) is 134 cm³/mol. The average Bonchev–Trinajstić information content (AvgIpc) is 3.38. The van der Waals surface area contributed by atoms with Crippen molar-refractivity contribution in [2.75, 3.05) is 39.2 Å². The molecule has 0 radical (unpaired) electrons. The summed E-state index contributed by atoms with van der Waals surface area (Å²) in [7, 11) is 2.76. The fourth-order valence-corrected chi connectivity index (χ4v) is 4.09. The number of hydrazine groups is 1. The lowest BCUT2D eigenvalue weighted by atomic mass is 10.0. The third kappa shape index (κ3) is 5.64. The Kier molecular flexibility index (Phi) is 8.99. The summed E-state index contributed by atoms with van der Waals surface area (Å²) in [5.74, 6) is -0.188. The Morgan fingerprint density at radius 3 is 2.03 bits per heavy atom. The van der Waals surface area contributed by atoms with E-state index in [2.05, 4.69) is 5.32 Å². The van der Waals surface area contributed by atoms with Gasteiger partial charge in [0.1, 0.15) is 0 Å². The second-order valence-corrected chi connectivity index (χ2v) is 7.99. The van der Waals surface area contributed by atoms with E-state index in [1.807, 2.05) is 32.0 Å². The Balaban J connectivity index is 1.87. The van der Waals surface area contributed by atoms with Crippen LogP contribution in [-0.2, 0) is 17.6 Å². The van der Waals surface area contributed by atoms with Gasteiger partial charge in [0.15, 0.2) is 11.5 Å². The summed E-state index contributed by atoms with van der Waals surface area (Å²) in [4.78, 5) is 38.6. The number of nitrogens with one attached hydrogen (secondary N) is 1. The molecule has 194 valence electrons. The third-order valence-electron chi connectivity index (χ3n) is 5.89. The van der Waals surface area contributed by atoms with E-state index in [1.54, 1.807) is 6.92 Å². The van der Waals surface area contributed by atoms with E-state index in [9.17, 15) is 14.4 Å². The maximum Gasteiger partial charge on any atom is 0.514 e. The number of benzene rings is 2. The number of rotatable bonds is 8. The largest absolute Gasteiger partial charge is 0.514 e. The Labute approximate surface area is 211 Å². The number of urea groups is 1. The van der Waals surface area contributed by atoms with Crippen molar-refractivity contribution in [1.29, 1.82) is 0 Å². The van der Waals surface area contributed by atoms with Crippen LogP contribution in [0.15, 0.2) is 30.3 Å². The lowest BCUT2D eigenvalue weighted by Gasteiger charge is -2.29. The second-order valence-electron chi connectivity index (χ2n) is 7.99. The molecule has 3 amide bonds. The van der Waals surface area contributed by atoms with Crippen molar-refractivity contribution in [3.05, 3.63) is 47.0 Å². The molecule has 0 atom stereocenters. The van der Waals surface area contributed by atoms with E-state index in [4.69, 9.17) is 18.9 Å². The molecule has 0 spiro atoms. The summed E-state index contributed by atoms with van der Waals surface area (Å²) >= 11 is 0. The minimum absolute atomic E-state index is 0.00529. The van der Waals surface area contributed by atoms with Crippen molar-refractivity contribution < 1.29 is 33.3 Å². The molecule has 0 aromatic heterocycles. The van der Waals surface area contributed by atoms with Gasteiger partial charge >= 0.3 is 12.2 Å². The minimum Gasteiger partial charge on any atom is -0.493 e. The number of amides is 3. The average molecular weight is 500 g/mol. The monoisotopic (exact) mass is 499 g/mol. The van der Waals surface area contributed by atoms with Gasteiger partial charge in [0.05, 0.1) is 20.8 Å². The van der Waals surface area contributed by atoms with Gasteiger partial charge in [-0.25, -0.2) is 19.6 Å². The molecule has 1 aliphatic heterocycles. The molecule has 3 rings (SSSR count). The van der Waals surface area contributed by atoms with Gasteiger partial charge in [-0.05, 0) is 49.4 Å². The number of carbonyl (C=O) groups excluding carboxylic acids is 3. The smallest absolute Gasteiger partial charge is 0.493 e. The van der Waals surface area contributed by atoms with Crippen LogP contribution in [0.4, 0.5) is 15.3 Å². The van der Waals surface area contributed by atoms with E-state index >= 15 is 0 Å². The summed E-state index contributed by atoms with van der Waals surface area (Å²) < 4.78 is 20.7. The first-order valence-electron chi connectivity index (χ1n) is 12.0. The first kappa shape index (κ1) is 26.7. The molecule has 1 fully saturated rings. The summed E-state index contributed by atoms with van der Waals surface area (Å²) in [6.45, 7) is 6.62. The summed E-state index contributed by atoms with van der Waals surface area (Å²) in [6.07, 6.45) is 1.25. The number of ether oxygens (including phenoxy) is 4. The first-order chi connectivity index (χ1) is 17.4. The van der Waals surface area contributed by atoms with Gasteiger partial charge in [0.2, 0.25) is 5.75 Å². The maximum atomic E-state index is 13.5. The molecule has 1 N–H and O–H groups in total. The molecule has 10 heteroatoms. The van der Waals surface area contributed by atoms with Crippen molar-refractivity contribution in [1.82, 2.24) is 10.0 Å². The number of nitrogens with zero attached hydrogens (tertiary/aromatic N) is 2. The third-order valence-corrected chi connectivity index (χ3v) is 5.89. The van der Waals surface area contributed by atoms with E-state index < -0.39 is 12.1 Å². The van der Waals surface area contributed by atoms with Crippen LogP contribution < -0.4 is 19.5 Å². The standard InChI is InChI=1S/C26H33N3O7/c1-6-17-11-9-12-18(7-2)22(17)27-25(31)29-14-10-13-28(29)24(30)19-15-20(33-4)23(21(16-19)34-5)36-26(32)35-8-3/h9,11-12,15-16H,6-8,10,13-14H2,1-5H3,(H,27,31). The van der Waals surface area contributed by atoms with Gasteiger partial charge < -0.3 is 24.3 Å². The quantitative estimate of drug-likeness (QED) is 0.416. The fourth-order valence-electron chi connectivity index (χ4n) is 4.09. The van der Waals surface area contributed by atoms with Gasteiger partial charge in [-0.3, -0.25) is 4.79 Å². The van der Waals surface area contributed by atoms with Gasteiger partial charge in [-0.1, -0.05) is 32.0 Å². The lowest BCUT2D eigenvalue weighted by Crippen LogP contribution is -2.47. The second kappa shape index (κ2) is 12.1. The van der Waals surface area contributed by atoms with Crippen LogP contribution >= 0.6 is 0 Å². The van der Waals surface area contributed by atoms with Crippen LogP contribution in [0.1, 0.15) is 48.7 Å². The molecule has 36 heavy (non-hydrogen) atoms. The number of carbonyl (C=O) groups is 3. The highest BCUT2D eigenvalue weighted by Crippen LogP contribution is 2.39. The molecule has 1 heterocycles. The number of para-hydroxylation sites is 1. The molecule has 0 aliphatic carbocycles. The fraction of sp³-hybridized carbons (Fsp3) is 0.423. The van der Waals surface area contributed by atoms with E-state index in [1.165, 1.54) is 36.4 Å². The Morgan fingerprint density at radius 1 is 0.917 bits per heavy atom. The Hall–Kier alpha value is -3.95. The van der Waals surface area contributed by atoms with Crippen LogP contribution in [0, 0.1) is 0 Å². The van der Waals surface area contributed by atoms with Gasteiger partial charge in [-0.15, -0.1) is 0 Å². The van der Waals surface area contributed by atoms with E-state index in [0.717, 1.165) is 29.7 Å². The van der Waals surface area contributed by atoms with Gasteiger partial charge in [0.25, 0.3) is 5.91 Å². The Morgan fingerprint density at radius 2 is 1.50 bits per heavy atom. The topological polar surface area (TPSA) is 107 Å². The van der Waals surface area contributed by atoms with Crippen molar-refractivity contribution in [3.63, 3.8) is 0 Å². The number of aryl methyl sites for hydroxylation is 2. The number of anilines is 1. The molecular weight excluding hydrogens is 466 g/mol. The van der Waals surface area contributed by atoms with E-state index in [0.29, 0.717) is 19.5 Å². The van der Waals surface area contributed by atoms with Gasteiger partial charge in [0, 0.05) is 24.3 Å². The zero-order chi connectivity index (χ0) is 26.2. The lowest BCUT2D eigenvalue weighted by molar-refractivity contribution is 0.0403. The highest BCUT2D eigenvalue weighted by Gasteiger charge is 2.33. The number of hydrogen-bond acceptors (Lipinski definition) is 7. The molecule has 1 saturated heterocycles. The van der Waals surface area contributed by atoms with Crippen LogP contribution in [0.2, 0.25) is 0 Å². The van der Waals surface area contributed by atoms with Crippen molar-refractivity contribution in [2.24, 2.45) is 0 Å². The summed E-state index contributed by atoms with van der Waals surface area (Å²) in [5, 5.41) is 5.83. The first-order valence-corrected chi connectivity index (χ1v) is 12.0. The molecule has 2 aromatic carbocycles. The normalized spacial score (nSPS) is 12.8. The van der Waals surface area contributed by atoms with Crippen molar-refractivity contribution >= 4 is 23.8 Å². The predicted octanol–water partition coefficient (Wildman–Crippen LogP) is 4.66. The zero-order valence-electron chi connectivity index (χ0n) is 21.4.